The van der Waals surface area contributed by atoms with Crippen molar-refractivity contribution in [2.45, 2.75) is 25.7 Å². The number of carbonyl (C=O) groups excluding carboxylic acids is 2. The molecule has 1 N–H and O–H groups in total. The molecule has 164 valence electrons. The summed E-state index contributed by atoms with van der Waals surface area (Å²) in [7, 11) is 0. The largest absolute Gasteiger partial charge is 0.493 e. The third-order valence-corrected chi connectivity index (χ3v) is 5.30. The van der Waals surface area contributed by atoms with Gasteiger partial charge < -0.3 is 19.2 Å². The van der Waals surface area contributed by atoms with Gasteiger partial charge in [-0.1, -0.05) is 42.5 Å². The average molecular weight is 433 g/mol. The van der Waals surface area contributed by atoms with Gasteiger partial charge in [0.15, 0.2) is 5.75 Å². The van der Waals surface area contributed by atoms with Gasteiger partial charge in [-0.15, -0.1) is 0 Å². The SMILES string of the molecule is CCOC(=O)c1c[nH]c(=O)c2c1OC(=O)CC2c1ccc(OCCc2ccccc2)cc1. The fraction of sp³-hybridized carbons (Fsp3) is 0.240. The molecule has 0 saturated carbocycles. The van der Waals surface area contributed by atoms with E-state index in [1.165, 1.54) is 11.8 Å². The van der Waals surface area contributed by atoms with Gasteiger partial charge in [0.1, 0.15) is 11.3 Å². The lowest BCUT2D eigenvalue weighted by Gasteiger charge is -2.25. The van der Waals surface area contributed by atoms with Crippen LogP contribution in [-0.2, 0) is 16.0 Å². The van der Waals surface area contributed by atoms with Crippen molar-refractivity contribution in [3.8, 4) is 11.5 Å². The summed E-state index contributed by atoms with van der Waals surface area (Å²) in [5, 5.41) is 0. The number of aromatic nitrogens is 1. The zero-order chi connectivity index (χ0) is 22.5. The number of benzene rings is 2. The molecule has 2 aromatic carbocycles. The molecule has 0 fully saturated rings. The summed E-state index contributed by atoms with van der Waals surface area (Å²) in [6, 6.07) is 17.3. The number of rotatable bonds is 7. The maximum atomic E-state index is 12.6. The van der Waals surface area contributed by atoms with Crippen LogP contribution in [0.15, 0.2) is 65.6 Å². The Balaban J connectivity index is 1.55. The second kappa shape index (κ2) is 9.51. The highest BCUT2D eigenvalue weighted by Crippen LogP contribution is 2.38. The molecule has 32 heavy (non-hydrogen) atoms. The monoisotopic (exact) mass is 433 g/mol. The molecule has 0 radical (unpaired) electrons. The summed E-state index contributed by atoms with van der Waals surface area (Å²) in [4.78, 5) is 39.7. The van der Waals surface area contributed by atoms with Gasteiger partial charge in [-0.2, -0.15) is 0 Å². The van der Waals surface area contributed by atoms with Crippen molar-refractivity contribution in [1.29, 1.82) is 0 Å². The zero-order valence-corrected chi connectivity index (χ0v) is 17.6. The Morgan fingerprint density at radius 3 is 2.56 bits per heavy atom. The molecule has 7 heteroatoms. The van der Waals surface area contributed by atoms with Gasteiger partial charge in [0, 0.05) is 18.5 Å². The molecule has 1 unspecified atom stereocenters. The van der Waals surface area contributed by atoms with E-state index in [1.807, 2.05) is 54.6 Å². The first kappa shape index (κ1) is 21.4. The highest BCUT2D eigenvalue weighted by Gasteiger charge is 2.34. The molecular formula is C25H23NO6. The first-order valence-electron chi connectivity index (χ1n) is 10.5. The minimum atomic E-state index is -0.657. The van der Waals surface area contributed by atoms with E-state index in [1.54, 1.807) is 6.92 Å². The minimum absolute atomic E-state index is 0.00340. The average Bonchev–Trinajstić information content (AvgIpc) is 2.80. The molecule has 0 amide bonds. The van der Waals surface area contributed by atoms with E-state index < -0.39 is 23.4 Å². The third-order valence-electron chi connectivity index (χ3n) is 5.30. The van der Waals surface area contributed by atoms with Gasteiger partial charge >= 0.3 is 11.9 Å². The van der Waals surface area contributed by atoms with E-state index in [0.29, 0.717) is 12.4 Å². The number of aromatic amines is 1. The molecule has 0 saturated heterocycles. The lowest BCUT2D eigenvalue weighted by molar-refractivity contribution is -0.135. The lowest BCUT2D eigenvalue weighted by atomic mass is 9.86. The van der Waals surface area contributed by atoms with Crippen LogP contribution in [0.2, 0.25) is 0 Å². The van der Waals surface area contributed by atoms with Crippen LogP contribution in [0.4, 0.5) is 0 Å². The van der Waals surface area contributed by atoms with Crippen molar-refractivity contribution >= 4 is 11.9 Å². The van der Waals surface area contributed by atoms with Gasteiger partial charge in [-0.3, -0.25) is 9.59 Å². The number of pyridine rings is 1. The summed E-state index contributed by atoms with van der Waals surface area (Å²) >= 11 is 0. The minimum Gasteiger partial charge on any atom is -0.493 e. The molecule has 2 heterocycles. The number of ether oxygens (including phenoxy) is 3. The topological polar surface area (TPSA) is 94.7 Å². The number of hydrogen-bond acceptors (Lipinski definition) is 6. The fourth-order valence-corrected chi connectivity index (χ4v) is 3.75. The summed E-state index contributed by atoms with van der Waals surface area (Å²) in [5.74, 6) is -1.05. The Hall–Kier alpha value is -3.87. The van der Waals surface area contributed by atoms with Gasteiger partial charge in [0.05, 0.1) is 25.2 Å². The molecule has 1 aliphatic rings. The van der Waals surface area contributed by atoms with E-state index in [4.69, 9.17) is 14.2 Å². The molecule has 1 atom stereocenters. The van der Waals surface area contributed by atoms with Gasteiger partial charge in [0.2, 0.25) is 0 Å². The molecular weight excluding hydrogens is 410 g/mol. The smallest absolute Gasteiger partial charge is 0.343 e. The summed E-state index contributed by atoms with van der Waals surface area (Å²) < 4.78 is 16.1. The summed E-state index contributed by atoms with van der Waals surface area (Å²) in [6.07, 6.45) is 2.01. The quantitative estimate of drug-likeness (QED) is 0.572. The number of nitrogens with one attached hydrogen (secondary N) is 1. The normalized spacial score (nSPS) is 14.9. The Morgan fingerprint density at radius 1 is 1.09 bits per heavy atom. The lowest BCUT2D eigenvalue weighted by Crippen LogP contribution is -2.30. The van der Waals surface area contributed by atoms with E-state index in [-0.39, 0.29) is 29.9 Å². The van der Waals surface area contributed by atoms with Gasteiger partial charge in [-0.05, 0) is 30.2 Å². The van der Waals surface area contributed by atoms with Crippen molar-refractivity contribution in [2.75, 3.05) is 13.2 Å². The standard InChI is InChI=1S/C25H23NO6/c1-2-30-25(29)20-15-26-24(28)22-19(14-21(27)32-23(20)22)17-8-10-18(11-9-17)31-13-12-16-6-4-3-5-7-16/h3-11,15,19H,2,12-14H2,1H3,(H,26,28). The van der Waals surface area contributed by atoms with E-state index in [0.717, 1.165) is 12.0 Å². The first-order valence-corrected chi connectivity index (χ1v) is 10.5. The number of hydrogen-bond donors (Lipinski definition) is 1. The predicted octanol–water partition coefficient (Wildman–Crippen LogP) is 3.61. The molecule has 7 nitrogen and oxygen atoms in total. The van der Waals surface area contributed by atoms with Crippen molar-refractivity contribution in [2.24, 2.45) is 0 Å². The molecule has 3 aromatic rings. The van der Waals surface area contributed by atoms with Crippen LogP contribution in [0.25, 0.3) is 0 Å². The molecule has 0 aliphatic carbocycles. The highest BCUT2D eigenvalue weighted by molar-refractivity contribution is 5.94. The fourth-order valence-electron chi connectivity index (χ4n) is 3.75. The maximum Gasteiger partial charge on any atom is 0.343 e. The van der Waals surface area contributed by atoms with Gasteiger partial charge in [-0.25, -0.2) is 4.79 Å². The Morgan fingerprint density at radius 2 is 1.84 bits per heavy atom. The van der Waals surface area contributed by atoms with Crippen LogP contribution in [0.3, 0.4) is 0 Å². The van der Waals surface area contributed by atoms with Crippen LogP contribution in [0, 0.1) is 0 Å². The zero-order valence-electron chi connectivity index (χ0n) is 17.6. The number of esters is 2. The molecule has 1 aliphatic heterocycles. The Kier molecular flexibility index (Phi) is 6.35. The first-order chi connectivity index (χ1) is 15.6. The Labute approximate surface area is 185 Å². The van der Waals surface area contributed by atoms with Crippen molar-refractivity contribution in [1.82, 2.24) is 4.98 Å². The van der Waals surface area contributed by atoms with Crippen molar-refractivity contribution < 1.29 is 23.8 Å². The van der Waals surface area contributed by atoms with Crippen LogP contribution < -0.4 is 15.0 Å². The Bertz CT molecular complexity index is 1170. The molecule has 0 spiro atoms. The second-order valence-electron chi connectivity index (χ2n) is 7.38. The molecule has 1 aromatic heterocycles. The molecule has 0 bridgehead atoms. The van der Waals surface area contributed by atoms with Crippen LogP contribution in [0.1, 0.15) is 46.3 Å². The predicted molar refractivity (Wildman–Crippen MR) is 117 cm³/mol. The number of carbonyl (C=O) groups is 2. The summed E-state index contributed by atoms with van der Waals surface area (Å²) in [6.45, 7) is 2.37. The maximum absolute atomic E-state index is 12.6. The van der Waals surface area contributed by atoms with Crippen LogP contribution in [-0.4, -0.2) is 30.1 Å². The van der Waals surface area contributed by atoms with Gasteiger partial charge in [0.25, 0.3) is 5.56 Å². The number of H-pyrrole nitrogens is 1. The highest BCUT2D eigenvalue weighted by atomic mass is 16.5. The number of fused-ring (bicyclic) bond motifs is 1. The van der Waals surface area contributed by atoms with Crippen molar-refractivity contribution in [3.05, 3.63) is 93.4 Å². The van der Waals surface area contributed by atoms with E-state index in [2.05, 4.69) is 4.98 Å². The molecule has 4 rings (SSSR count). The summed E-state index contributed by atoms with van der Waals surface area (Å²) in [5.41, 5.74) is 1.81. The van der Waals surface area contributed by atoms with Crippen molar-refractivity contribution in [3.63, 3.8) is 0 Å². The van der Waals surface area contributed by atoms with Crippen LogP contribution >= 0.6 is 0 Å². The second-order valence-corrected chi connectivity index (χ2v) is 7.38. The van der Waals surface area contributed by atoms with Crippen LogP contribution in [0.5, 0.6) is 11.5 Å². The van der Waals surface area contributed by atoms with E-state index >= 15 is 0 Å². The van der Waals surface area contributed by atoms with E-state index in [9.17, 15) is 14.4 Å². The third kappa shape index (κ3) is 4.56.